The summed E-state index contributed by atoms with van der Waals surface area (Å²) in [5, 5.41) is 0.858. The van der Waals surface area contributed by atoms with Gasteiger partial charge >= 0.3 is 5.63 Å². The molecular formula is C25H28N2O6. The highest BCUT2D eigenvalue weighted by Gasteiger charge is 2.23. The molecule has 0 atom stereocenters. The highest BCUT2D eigenvalue weighted by Crippen LogP contribution is 2.35. The largest absolute Gasteiger partial charge is 0.493 e. The van der Waals surface area contributed by atoms with Crippen molar-refractivity contribution in [3.05, 3.63) is 52.4 Å². The van der Waals surface area contributed by atoms with E-state index in [4.69, 9.17) is 23.4 Å². The number of nitrogens with zero attached hydrogens (tertiary/aromatic N) is 2. The van der Waals surface area contributed by atoms with Crippen LogP contribution in [0.15, 0.2) is 45.6 Å². The van der Waals surface area contributed by atoms with Gasteiger partial charge in [0.1, 0.15) is 18.1 Å². The zero-order valence-electron chi connectivity index (χ0n) is 19.0. The van der Waals surface area contributed by atoms with E-state index in [1.165, 1.54) is 0 Å². The number of ether oxygens (including phenoxy) is 4. The molecule has 0 N–H and O–H groups in total. The average Bonchev–Trinajstić information content (AvgIpc) is 2.87. The molecule has 0 bridgehead atoms. The van der Waals surface area contributed by atoms with Crippen molar-refractivity contribution in [1.82, 2.24) is 9.80 Å². The molecule has 1 fully saturated rings. The minimum Gasteiger partial charge on any atom is -0.493 e. The minimum atomic E-state index is -0.395. The predicted molar refractivity (Wildman–Crippen MR) is 124 cm³/mol. The Balaban J connectivity index is 1.42. The summed E-state index contributed by atoms with van der Waals surface area (Å²) in [5.41, 5.74) is 2.29. The van der Waals surface area contributed by atoms with Gasteiger partial charge in [0.25, 0.3) is 0 Å². The highest BCUT2D eigenvalue weighted by atomic mass is 16.5. The molecule has 8 nitrogen and oxygen atoms in total. The van der Waals surface area contributed by atoms with Crippen molar-refractivity contribution >= 4 is 11.0 Å². The van der Waals surface area contributed by atoms with Gasteiger partial charge in [0, 0.05) is 38.1 Å². The lowest BCUT2D eigenvalue weighted by atomic mass is 10.0. The van der Waals surface area contributed by atoms with Crippen LogP contribution in [0.4, 0.5) is 0 Å². The molecule has 3 heterocycles. The Hall–Kier alpha value is -3.07. The van der Waals surface area contributed by atoms with Crippen molar-refractivity contribution in [2.24, 2.45) is 0 Å². The summed E-state index contributed by atoms with van der Waals surface area (Å²) in [7, 11) is 3.15. The number of fused-ring (bicyclic) bond motifs is 3. The van der Waals surface area contributed by atoms with Gasteiger partial charge in [0.15, 0.2) is 11.5 Å². The molecule has 0 amide bonds. The van der Waals surface area contributed by atoms with Crippen LogP contribution < -0.4 is 19.8 Å². The molecule has 174 valence electrons. The third kappa shape index (κ3) is 4.42. The van der Waals surface area contributed by atoms with Gasteiger partial charge in [0.2, 0.25) is 0 Å². The van der Waals surface area contributed by atoms with E-state index in [2.05, 4.69) is 9.80 Å². The quantitative estimate of drug-likeness (QED) is 0.529. The SMILES string of the molecule is COc1ccc(-c2cc3ccc4c(c3oc2=O)CN(CCN2CCOCC2)CO4)cc1OC. The molecule has 8 heteroatoms. The summed E-state index contributed by atoms with van der Waals surface area (Å²) in [5.74, 6) is 1.94. The fraction of sp³-hybridized carbons (Fsp3) is 0.400. The third-order valence-electron chi connectivity index (χ3n) is 6.28. The zero-order chi connectivity index (χ0) is 22.8. The van der Waals surface area contributed by atoms with Gasteiger partial charge in [-0.15, -0.1) is 0 Å². The third-order valence-corrected chi connectivity index (χ3v) is 6.28. The fourth-order valence-electron chi connectivity index (χ4n) is 4.40. The molecule has 2 aliphatic rings. The molecule has 0 aliphatic carbocycles. The van der Waals surface area contributed by atoms with Crippen LogP contribution in [0.5, 0.6) is 17.2 Å². The summed E-state index contributed by atoms with van der Waals surface area (Å²) in [4.78, 5) is 17.6. The van der Waals surface area contributed by atoms with Crippen LogP contribution in [0.25, 0.3) is 22.1 Å². The number of benzene rings is 2. The van der Waals surface area contributed by atoms with Crippen LogP contribution in [-0.4, -0.2) is 70.1 Å². The Morgan fingerprint density at radius 3 is 2.52 bits per heavy atom. The maximum absolute atomic E-state index is 13.0. The van der Waals surface area contributed by atoms with Crippen LogP contribution in [0.2, 0.25) is 0 Å². The van der Waals surface area contributed by atoms with Gasteiger partial charge in [-0.3, -0.25) is 9.80 Å². The number of morpholine rings is 1. The highest BCUT2D eigenvalue weighted by molar-refractivity contribution is 5.86. The topological polar surface area (TPSA) is 73.6 Å². The molecule has 3 aromatic rings. The van der Waals surface area contributed by atoms with Crippen molar-refractivity contribution < 1.29 is 23.4 Å². The Morgan fingerprint density at radius 1 is 0.939 bits per heavy atom. The normalized spacial score (nSPS) is 16.9. The van der Waals surface area contributed by atoms with Gasteiger partial charge in [0.05, 0.1) is 38.6 Å². The first kappa shape index (κ1) is 21.8. The maximum Gasteiger partial charge on any atom is 0.344 e. The van der Waals surface area contributed by atoms with E-state index < -0.39 is 5.63 Å². The number of hydrogen-bond acceptors (Lipinski definition) is 8. The van der Waals surface area contributed by atoms with Gasteiger partial charge in [-0.1, -0.05) is 6.07 Å². The second-order valence-electron chi connectivity index (χ2n) is 8.26. The molecular weight excluding hydrogens is 424 g/mol. The van der Waals surface area contributed by atoms with Crippen molar-refractivity contribution in [2.75, 3.05) is 60.3 Å². The van der Waals surface area contributed by atoms with E-state index in [9.17, 15) is 4.79 Å². The molecule has 1 aromatic heterocycles. The number of rotatable bonds is 6. The van der Waals surface area contributed by atoms with Gasteiger partial charge in [-0.2, -0.15) is 0 Å². The van der Waals surface area contributed by atoms with Gasteiger partial charge in [-0.05, 0) is 35.9 Å². The lowest BCUT2D eigenvalue weighted by Gasteiger charge is -2.32. The zero-order valence-corrected chi connectivity index (χ0v) is 19.0. The first-order chi connectivity index (χ1) is 16.2. The molecule has 2 aromatic carbocycles. The van der Waals surface area contributed by atoms with Crippen molar-refractivity contribution in [3.63, 3.8) is 0 Å². The van der Waals surface area contributed by atoms with Crippen LogP contribution in [0, 0.1) is 0 Å². The van der Waals surface area contributed by atoms with Crippen molar-refractivity contribution in [2.45, 2.75) is 6.54 Å². The van der Waals surface area contributed by atoms with Crippen LogP contribution in [0.1, 0.15) is 5.56 Å². The fourth-order valence-corrected chi connectivity index (χ4v) is 4.40. The van der Waals surface area contributed by atoms with Crippen molar-refractivity contribution in [1.29, 1.82) is 0 Å². The van der Waals surface area contributed by atoms with Crippen molar-refractivity contribution in [3.8, 4) is 28.4 Å². The lowest BCUT2D eigenvalue weighted by molar-refractivity contribution is 0.0241. The van der Waals surface area contributed by atoms with Gasteiger partial charge in [-0.25, -0.2) is 4.79 Å². The van der Waals surface area contributed by atoms with E-state index in [-0.39, 0.29) is 0 Å². The van der Waals surface area contributed by atoms with Crippen LogP contribution in [-0.2, 0) is 11.3 Å². The first-order valence-corrected chi connectivity index (χ1v) is 11.1. The molecule has 0 unspecified atom stereocenters. The summed E-state index contributed by atoms with van der Waals surface area (Å²) < 4.78 is 28.0. The number of hydrogen-bond donors (Lipinski definition) is 0. The van der Waals surface area contributed by atoms with Crippen LogP contribution in [0.3, 0.4) is 0 Å². The molecule has 1 saturated heterocycles. The monoisotopic (exact) mass is 452 g/mol. The Labute approximate surface area is 192 Å². The lowest BCUT2D eigenvalue weighted by Crippen LogP contribution is -2.43. The van der Waals surface area contributed by atoms with E-state index >= 15 is 0 Å². The number of methoxy groups -OCH3 is 2. The molecule has 0 spiro atoms. The summed E-state index contributed by atoms with van der Waals surface area (Å²) in [6.07, 6.45) is 0. The molecule has 0 radical (unpaired) electrons. The van der Waals surface area contributed by atoms with E-state index in [0.29, 0.717) is 41.5 Å². The first-order valence-electron chi connectivity index (χ1n) is 11.1. The molecule has 2 aliphatic heterocycles. The van der Waals surface area contributed by atoms with E-state index in [0.717, 1.165) is 56.1 Å². The smallest absolute Gasteiger partial charge is 0.344 e. The standard InChI is InChI=1S/C25H28N2O6/c1-29-22-6-3-17(14-23(22)30-2)19-13-18-4-5-21-20(24(18)33-25(19)28)15-27(16-32-21)8-7-26-9-11-31-12-10-26/h3-6,13-14H,7-12,15-16H2,1-2H3. The molecule has 0 saturated carbocycles. The Kier molecular flexibility index (Phi) is 6.22. The summed E-state index contributed by atoms with van der Waals surface area (Å²) >= 11 is 0. The maximum atomic E-state index is 13.0. The van der Waals surface area contributed by atoms with Gasteiger partial charge < -0.3 is 23.4 Å². The Bertz CT molecular complexity index is 1200. The molecule has 5 rings (SSSR count). The van der Waals surface area contributed by atoms with Crippen LogP contribution >= 0.6 is 0 Å². The average molecular weight is 453 g/mol. The van der Waals surface area contributed by atoms with E-state index in [1.807, 2.05) is 24.3 Å². The summed E-state index contributed by atoms with van der Waals surface area (Å²) in [6.45, 7) is 6.54. The Morgan fingerprint density at radius 2 is 1.73 bits per heavy atom. The minimum absolute atomic E-state index is 0.395. The summed E-state index contributed by atoms with van der Waals surface area (Å²) in [6, 6.07) is 11.2. The predicted octanol–water partition coefficient (Wildman–Crippen LogP) is 2.96. The van der Waals surface area contributed by atoms with E-state index in [1.54, 1.807) is 26.4 Å². The molecule has 33 heavy (non-hydrogen) atoms. The second kappa shape index (κ2) is 9.43. The second-order valence-corrected chi connectivity index (χ2v) is 8.26.